The van der Waals surface area contributed by atoms with Crippen LogP contribution in [-0.4, -0.2) is 25.8 Å². The second-order valence-corrected chi connectivity index (χ2v) is 7.15. The van der Waals surface area contributed by atoms with Gasteiger partial charge in [-0.05, 0) is 31.4 Å². The van der Waals surface area contributed by atoms with Crippen molar-refractivity contribution in [3.05, 3.63) is 29.0 Å². The largest absolute Gasteiger partial charge is 0.244 e. The molecule has 1 saturated carbocycles. The van der Waals surface area contributed by atoms with E-state index in [0.29, 0.717) is 5.15 Å². The van der Waals surface area contributed by atoms with E-state index in [2.05, 4.69) is 9.35 Å². The molecule has 1 fully saturated rings. The van der Waals surface area contributed by atoms with Crippen LogP contribution < -0.4 is 0 Å². The maximum absolute atomic E-state index is 12.5. The van der Waals surface area contributed by atoms with Gasteiger partial charge in [0.05, 0.1) is 0 Å². The number of hydrogen-bond acceptors (Lipinski definition) is 4. The van der Waals surface area contributed by atoms with Gasteiger partial charge in [-0.3, -0.25) is 0 Å². The van der Waals surface area contributed by atoms with Gasteiger partial charge < -0.3 is 0 Å². The second-order valence-electron chi connectivity index (χ2n) is 4.64. The topological polar surface area (TPSA) is 69.3 Å². The smallest absolute Gasteiger partial charge is 0.215 e. The number of pyridine rings is 1. The zero-order valence-corrected chi connectivity index (χ0v) is 12.4. The van der Waals surface area contributed by atoms with Crippen molar-refractivity contribution in [1.82, 2.24) is 9.29 Å². The Morgan fingerprint density at radius 1 is 1.63 bits per heavy atom. The maximum Gasteiger partial charge on any atom is 0.215 e. The van der Waals surface area contributed by atoms with Crippen molar-refractivity contribution >= 4 is 21.5 Å². The molecule has 1 aromatic rings. The molecule has 0 aromatic carbocycles. The van der Waals surface area contributed by atoms with Gasteiger partial charge in [0.25, 0.3) is 0 Å². The van der Waals surface area contributed by atoms with Crippen molar-refractivity contribution in [3.8, 4) is 6.19 Å². The molecule has 1 aliphatic carbocycles. The molecule has 1 aromatic heterocycles. The minimum atomic E-state index is -2.68. The first-order valence-corrected chi connectivity index (χ1v) is 8.21. The van der Waals surface area contributed by atoms with Gasteiger partial charge in [0.2, 0.25) is 6.19 Å². The van der Waals surface area contributed by atoms with Crippen LogP contribution in [0.15, 0.2) is 22.7 Å². The van der Waals surface area contributed by atoms with Gasteiger partial charge in [0, 0.05) is 24.5 Å². The van der Waals surface area contributed by atoms with Crippen LogP contribution in [0.2, 0.25) is 5.15 Å². The SMILES string of the molecule is CC(c1ccc(Cl)nc1)N(C1CC1)S(C)(=O)=NC#N. The van der Waals surface area contributed by atoms with E-state index >= 15 is 0 Å². The molecule has 2 unspecified atom stereocenters. The first-order valence-electron chi connectivity index (χ1n) is 5.96. The summed E-state index contributed by atoms with van der Waals surface area (Å²) in [6, 6.07) is 3.67. The number of rotatable bonds is 4. The van der Waals surface area contributed by atoms with Crippen molar-refractivity contribution < 1.29 is 4.21 Å². The van der Waals surface area contributed by atoms with E-state index in [-0.39, 0.29) is 12.1 Å². The van der Waals surface area contributed by atoms with E-state index < -0.39 is 9.92 Å². The normalized spacial score (nSPS) is 19.5. The quantitative estimate of drug-likeness (QED) is 0.634. The Morgan fingerprint density at radius 3 is 2.79 bits per heavy atom. The standard InChI is InChI=1S/C12H15ClN4OS/c1-9(10-3-6-12(13)15-7-10)17(11-4-5-11)19(2,18)16-8-14/h3,6-7,9,11H,4-5H2,1-2H3. The summed E-state index contributed by atoms with van der Waals surface area (Å²) >= 11 is 5.77. The number of hydrogen-bond donors (Lipinski definition) is 0. The third-order valence-electron chi connectivity index (χ3n) is 3.12. The summed E-state index contributed by atoms with van der Waals surface area (Å²) in [5, 5.41) is 9.11. The minimum absolute atomic E-state index is 0.119. The fourth-order valence-corrected chi connectivity index (χ4v) is 3.95. The zero-order valence-electron chi connectivity index (χ0n) is 10.8. The molecule has 0 N–H and O–H groups in total. The highest BCUT2D eigenvalue weighted by Crippen LogP contribution is 2.36. The lowest BCUT2D eigenvalue weighted by molar-refractivity contribution is 0.353. The molecule has 0 amide bonds. The third-order valence-corrected chi connectivity index (χ3v) is 5.16. The Balaban J connectivity index is 2.35. The molecule has 102 valence electrons. The fourth-order valence-electron chi connectivity index (χ4n) is 2.12. The monoisotopic (exact) mass is 298 g/mol. The molecule has 0 saturated heterocycles. The van der Waals surface area contributed by atoms with E-state index in [1.54, 1.807) is 18.5 Å². The number of nitrogens with zero attached hydrogens (tertiary/aromatic N) is 4. The van der Waals surface area contributed by atoms with Crippen molar-refractivity contribution in [2.75, 3.05) is 6.26 Å². The molecular weight excluding hydrogens is 284 g/mol. The predicted molar refractivity (Wildman–Crippen MR) is 74.6 cm³/mol. The predicted octanol–water partition coefficient (Wildman–Crippen LogP) is 2.75. The first kappa shape index (κ1) is 14.3. The molecule has 0 radical (unpaired) electrons. The van der Waals surface area contributed by atoms with E-state index in [0.717, 1.165) is 18.4 Å². The molecule has 0 bridgehead atoms. The molecule has 7 heteroatoms. The average molecular weight is 299 g/mol. The minimum Gasteiger partial charge on any atom is -0.244 e. The zero-order chi connectivity index (χ0) is 14.0. The Bertz CT molecular complexity index is 612. The lowest BCUT2D eigenvalue weighted by atomic mass is 10.1. The van der Waals surface area contributed by atoms with Crippen LogP contribution in [0.1, 0.15) is 31.4 Å². The Hall–Kier alpha value is -1.16. The number of nitriles is 1. The van der Waals surface area contributed by atoms with Crippen molar-refractivity contribution in [2.45, 2.75) is 31.8 Å². The molecule has 2 atom stereocenters. The molecular formula is C12H15ClN4OS. The Labute approximate surface area is 118 Å². The number of aromatic nitrogens is 1. The van der Waals surface area contributed by atoms with Crippen LogP contribution in [0, 0.1) is 11.5 Å². The fraction of sp³-hybridized carbons (Fsp3) is 0.500. The third kappa shape index (κ3) is 3.24. The van der Waals surface area contributed by atoms with Gasteiger partial charge in [0.15, 0.2) is 0 Å². The lowest BCUT2D eigenvalue weighted by Gasteiger charge is -2.29. The second kappa shape index (κ2) is 5.45. The average Bonchev–Trinajstić information content (AvgIpc) is 3.14. The maximum atomic E-state index is 12.5. The van der Waals surface area contributed by atoms with Gasteiger partial charge in [0.1, 0.15) is 15.1 Å². The van der Waals surface area contributed by atoms with Gasteiger partial charge in [-0.15, -0.1) is 4.36 Å². The highest BCUT2D eigenvalue weighted by atomic mass is 35.5. The summed E-state index contributed by atoms with van der Waals surface area (Å²) in [5.74, 6) is 0. The van der Waals surface area contributed by atoms with Crippen LogP contribution in [0.4, 0.5) is 0 Å². The summed E-state index contributed by atoms with van der Waals surface area (Å²) in [6.45, 7) is 1.94. The molecule has 19 heavy (non-hydrogen) atoms. The Morgan fingerprint density at radius 2 is 2.32 bits per heavy atom. The van der Waals surface area contributed by atoms with Gasteiger partial charge in [-0.25, -0.2) is 13.5 Å². The van der Waals surface area contributed by atoms with Crippen molar-refractivity contribution in [2.24, 2.45) is 4.36 Å². The summed E-state index contributed by atoms with van der Waals surface area (Å²) in [7, 11) is -2.68. The molecule has 0 aliphatic heterocycles. The Kier molecular flexibility index (Phi) is 4.09. The van der Waals surface area contributed by atoms with Gasteiger partial charge >= 0.3 is 0 Å². The van der Waals surface area contributed by atoms with Crippen LogP contribution in [0.5, 0.6) is 0 Å². The molecule has 5 nitrogen and oxygen atoms in total. The summed E-state index contributed by atoms with van der Waals surface area (Å²) in [4.78, 5) is 4.04. The van der Waals surface area contributed by atoms with Crippen molar-refractivity contribution in [3.63, 3.8) is 0 Å². The lowest BCUT2D eigenvalue weighted by Crippen LogP contribution is -2.34. The summed E-state index contributed by atoms with van der Waals surface area (Å²) < 4.78 is 18.0. The molecule has 2 rings (SSSR count). The summed E-state index contributed by atoms with van der Waals surface area (Å²) in [6.07, 6.45) is 6.80. The van der Waals surface area contributed by atoms with Crippen molar-refractivity contribution in [1.29, 1.82) is 5.26 Å². The van der Waals surface area contributed by atoms with Gasteiger partial charge in [-0.2, -0.15) is 5.26 Å². The molecule has 1 heterocycles. The van der Waals surface area contributed by atoms with Crippen LogP contribution in [0.3, 0.4) is 0 Å². The van der Waals surface area contributed by atoms with E-state index in [1.165, 1.54) is 6.26 Å². The van der Waals surface area contributed by atoms with Gasteiger partial charge in [-0.1, -0.05) is 17.7 Å². The molecule has 0 spiro atoms. The van der Waals surface area contributed by atoms with E-state index in [1.807, 2.05) is 17.3 Å². The highest BCUT2D eigenvalue weighted by Gasteiger charge is 2.38. The van der Waals surface area contributed by atoms with E-state index in [4.69, 9.17) is 16.9 Å². The molecule has 1 aliphatic rings. The van der Waals surface area contributed by atoms with Crippen LogP contribution >= 0.6 is 11.6 Å². The summed E-state index contributed by atoms with van der Waals surface area (Å²) in [5.41, 5.74) is 0.916. The number of halogens is 1. The first-order chi connectivity index (χ1) is 8.95. The van der Waals surface area contributed by atoms with Crippen LogP contribution in [0.25, 0.3) is 0 Å². The van der Waals surface area contributed by atoms with Crippen LogP contribution in [-0.2, 0) is 9.92 Å². The van der Waals surface area contributed by atoms with E-state index in [9.17, 15) is 4.21 Å². The highest BCUT2D eigenvalue weighted by molar-refractivity contribution is 7.90.